The van der Waals surface area contributed by atoms with Gasteiger partial charge in [0.25, 0.3) is 11.8 Å². The molecule has 70 heavy (non-hydrogen) atoms. The van der Waals surface area contributed by atoms with Gasteiger partial charge in [-0.2, -0.15) is 0 Å². The lowest BCUT2D eigenvalue weighted by molar-refractivity contribution is -0.137. The molecular formula is C55H57Cl2FN6O6. The summed E-state index contributed by atoms with van der Waals surface area (Å²) in [5.41, 5.74) is 5.63. The number of carbonyl (C=O) groups excluding carboxylic acids is 5. The van der Waals surface area contributed by atoms with Crippen molar-refractivity contribution in [3.05, 3.63) is 133 Å². The van der Waals surface area contributed by atoms with Crippen LogP contribution in [0.15, 0.2) is 83.9 Å². The molecule has 4 aromatic rings. The van der Waals surface area contributed by atoms with Crippen molar-refractivity contribution in [3.8, 4) is 17.6 Å². The molecule has 4 aliphatic heterocycles. The zero-order chi connectivity index (χ0) is 49.9. The molecule has 2 saturated heterocycles. The summed E-state index contributed by atoms with van der Waals surface area (Å²) in [5.74, 6) is 3.87. The maximum atomic E-state index is 16.4. The molecule has 5 amide bonds. The number of carbonyl (C=O) groups is 5. The third-order valence-corrected chi connectivity index (χ3v) is 15.2. The highest BCUT2D eigenvalue weighted by Gasteiger charge is 2.61. The average Bonchev–Trinajstić information content (AvgIpc) is 3.96. The lowest BCUT2D eigenvalue weighted by atomic mass is 9.63. The highest BCUT2D eigenvalue weighted by molar-refractivity contribution is 6.31. The number of nitrogens with zero attached hydrogens (tertiary/aromatic N) is 1. The van der Waals surface area contributed by atoms with Crippen LogP contribution in [0.25, 0.3) is 0 Å². The van der Waals surface area contributed by atoms with Crippen LogP contribution >= 0.6 is 23.2 Å². The molecule has 12 nitrogen and oxygen atoms in total. The summed E-state index contributed by atoms with van der Waals surface area (Å²) in [6.07, 6.45) is 3.43. The summed E-state index contributed by atoms with van der Waals surface area (Å²) in [5, 5.41) is 16.2. The first-order valence-corrected chi connectivity index (χ1v) is 24.5. The van der Waals surface area contributed by atoms with E-state index in [4.69, 9.17) is 27.9 Å². The molecule has 5 N–H and O–H groups in total. The first-order valence-electron chi connectivity index (χ1n) is 23.8. The fourth-order valence-electron chi connectivity index (χ4n) is 11.3. The molecule has 364 valence electrons. The van der Waals surface area contributed by atoms with Gasteiger partial charge in [-0.25, -0.2) is 4.39 Å². The predicted octanol–water partition coefficient (Wildman–Crippen LogP) is 9.05. The van der Waals surface area contributed by atoms with Crippen molar-refractivity contribution in [2.45, 2.75) is 109 Å². The third-order valence-electron chi connectivity index (χ3n) is 14.6. The number of halogens is 3. The Morgan fingerprint density at radius 1 is 0.986 bits per heavy atom. The summed E-state index contributed by atoms with van der Waals surface area (Å²) < 4.78 is 22.1. The van der Waals surface area contributed by atoms with Crippen LogP contribution < -0.4 is 31.3 Å². The number of hydrogen-bond donors (Lipinski definition) is 5. The van der Waals surface area contributed by atoms with Crippen molar-refractivity contribution in [2.24, 2.45) is 10.8 Å². The van der Waals surface area contributed by atoms with Crippen molar-refractivity contribution in [2.75, 3.05) is 30.8 Å². The number of allylic oxidation sites excluding steroid dienone is 1. The number of amides is 5. The lowest BCUT2D eigenvalue weighted by Gasteiger charge is -2.39. The van der Waals surface area contributed by atoms with E-state index >= 15 is 4.39 Å². The molecule has 1 aliphatic carbocycles. The van der Waals surface area contributed by atoms with Gasteiger partial charge in [-0.05, 0) is 114 Å². The Kier molecular flexibility index (Phi) is 13.1. The van der Waals surface area contributed by atoms with Crippen molar-refractivity contribution in [1.82, 2.24) is 20.9 Å². The second-order valence-electron chi connectivity index (χ2n) is 21.2. The summed E-state index contributed by atoms with van der Waals surface area (Å²) in [6, 6.07) is 18.9. The van der Waals surface area contributed by atoms with Crippen LogP contribution in [-0.4, -0.2) is 72.8 Å². The molecule has 0 bridgehead atoms. The van der Waals surface area contributed by atoms with Crippen LogP contribution in [0.2, 0.25) is 10.0 Å². The SMILES string of the molecule is COc1cc(C(=O)NCC2=C(C#Cc3cccc4c3CN(C3CCC(=O)NC3=O)C4=O)CCC(C)(C)C2)ccc1NC(=O)[C@@H]1N[C@@H](CC(C)(C)C)[C@@]2(CNc3cc(Cl)ccc32)[C@H]1c1cccc(Cl)c1F. The molecule has 0 saturated carbocycles. The minimum atomic E-state index is -0.917. The molecule has 2 fully saturated rings. The fraction of sp³-hybridized carbons (Fsp3) is 0.400. The fourth-order valence-corrected chi connectivity index (χ4v) is 11.6. The van der Waals surface area contributed by atoms with E-state index in [-0.39, 0.29) is 71.3 Å². The van der Waals surface area contributed by atoms with E-state index in [0.717, 1.165) is 34.4 Å². The molecule has 1 unspecified atom stereocenters. The highest BCUT2D eigenvalue weighted by atomic mass is 35.5. The van der Waals surface area contributed by atoms with Gasteiger partial charge < -0.3 is 30.9 Å². The maximum Gasteiger partial charge on any atom is 0.255 e. The van der Waals surface area contributed by atoms with Gasteiger partial charge in [0.2, 0.25) is 17.7 Å². The third kappa shape index (κ3) is 9.29. The number of benzene rings is 4. The number of fused-ring (bicyclic) bond motifs is 3. The predicted molar refractivity (Wildman–Crippen MR) is 269 cm³/mol. The number of methoxy groups -OCH3 is 1. The monoisotopic (exact) mass is 986 g/mol. The molecule has 9 rings (SSSR count). The Morgan fingerprint density at radius 3 is 2.53 bits per heavy atom. The van der Waals surface area contributed by atoms with Gasteiger partial charge in [0.1, 0.15) is 17.6 Å². The number of anilines is 2. The Bertz CT molecular complexity index is 2950. The van der Waals surface area contributed by atoms with E-state index in [1.165, 1.54) is 18.1 Å². The molecule has 5 atom stereocenters. The second-order valence-corrected chi connectivity index (χ2v) is 22.0. The molecule has 15 heteroatoms. The topological polar surface area (TPSA) is 158 Å². The van der Waals surface area contributed by atoms with Gasteiger partial charge >= 0.3 is 0 Å². The number of nitrogens with one attached hydrogen (secondary N) is 5. The Labute approximate surface area is 417 Å². The van der Waals surface area contributed by atoms with Crippen LogP contribution in [0.4, 0.5) is 15.8 Å². The quantitative estimate of drug-likeness (QED) is 0.0822. The molecular weight excluding hydrogens is 931 g/mol. The minimum Gasteiger partial charge on any atom is -0.495 e. The smallest absolute Gasteiger partial charge is 0.255 e. The molecule has 0 aromatic heterocycles. The molecule has 4 aromatic carbocycles. The summed E-state index contributed by atoms with van der Waals surface area (Å²) >= 11 is 12.9. The number of rotatable bonds is 9. The zero-order valence-electron chi connectivity index (χ0n) is 40.1. The minimum absolute atomic E-state index is 0.0271. The van der Waals surface area contributed by atoms with Gasteiger partial charge in [-0.1, -0.05) is 93.9 Å². The lowest BCUT2D eigenvalue weighted by Crippen LogP contribution is -2.52. The van der Waals surface area contributed by atoms with Crippen molar-refractivity contribution in [1.29, 1.82) is 0 Å². The number of piperidine rings is 1. The summed E-state index contributed by atoms with van der Waals surface area (Å²) in [4.78, 5) is 68.2. The van der Waals surface area contributed by atoms with Crippen LogP contribution in [0.5, 0.6) is 5.75 Å². The van der Waals surface area contributed by atoms with Crippen molar-refractivity contribution >= 4 is 64.1 Å². The van der Waals surface area contributed by atoms with E-state index in [1.54, 1.807) is 42.5 Å². The molecule has 5 aliphatic rings. The van der Waals surface area contributed by atoms with E-state index in [1.807, 2.05) is 24.3 Å². The van der Waals surface area contributed by atoms with Crippen molar-refractivity contribution in [3.63, 3.8) is 0 Å². The van der Waals surface area contributed by atoms with Gasteiger partial charge in [0.05, 0.1) is 23.9 Å². The van der Waals surface area contributed by atoms with E-state index in [0.29, 0.717) is 58.8 Å². The first-order chi connectivity index (χ1) is 33.3. The number of hydrogen-bond acceptors (Lipinski definition) is 8. The number of ether oxygens (including phenoxy) is 1. The van der Waals surface area contributed by atoms with Gasteiger partial charge in [0, 0.05) is 76.4 Å². The maximum absolute atomic E-state index is 16.4. The largest absolute Gasteiger partial charge is 0.495 e. The Hall–Kier alpha value is -6.20. The Morgan fingerprint density at radius 2 is 1.77 bits per heavy atom. The molecule has 0 radical (unpaired) electrons. The van der Waals surface area contributed by atoms with E-state index < -0.39 is 41.0 Å². The summed E-state index contributed by atoms with van der Waals surface area (Å²) in [7, 11) is 1.47. The van der Waals surface area contributed by atoms with Crippen LogP contribution in [0.1, 0.15) is 122 Å². The van der Waals surface area contributed by atoms with Crippen LogP contribution in [-0.2, 0) is 26.3 Å². The first kappa shape index (κ1) is 48.8. The number of imide groups is 1. The molecule has 1 spiro atoms. The van der Waals surface area contributed by atoms with Gasteiger partial charge in [-0.15, -0.1) is 0 Å². The summed E-state index contributed by atoms with van der Waals surface area (Å²) in [6.45, 7) is 11.7. The average molecular weight is 988 g/mol. The van der Waals surface area contributed by atoms with Crippen LogP contribution in [0.3, 0.4) is 0 Å². The standard InChI is InChI=1S/C55H57Cl2FN6O6/c1-53(2,3)26-44-55(29-60-41-24-34(56)16-17-38(41)55)46(36-11-8-12-39(57)47(36)58)48(62-44)51(68)61-40-18-15-32(23-43(40)70-6)49(66)59-27-33-25-54(4,5)22-21-30(33)13-14-31-9-7-10-35-37(31)28-64(52(35)69)42-19-20-45(65)63-50(42)67/h7-12,15-18,23-24,42,44,46,48,60,62H,19-22,25-29H2,1-6H3,(H,59,66)(H,61,68)(H,63,65,67)/t42?,44-,46-,48+,55-/m0/s1. The zero-order valence-corrected chi connectivity index (χ0v) is 41.6. The van der Waals surface area contributed by atoms with Crippen molar-refractivity contribution < 1.29 is 33.1 Å². The van der Waals surface area contributed by atoms with E-state index in [2.05, 4.69) is 73.0 Å². The van der Waals surface area contributed by atoms with Gasteiger partial charge in [0.15, 0.2) is 0 Å². The Balaban J connectivity index is 0.950. The highest BCUT2D eigenvalue weighted by Crippen LogP contribution is 2.57. The van der Waals surface area contributed by atoms with Crippen LogP contribution in [0, 0.1) is 28.5 Å². The molecule has 4 heterocycles. The van der Waals surface area contributed by atoms with E-state index in [9.17, 15) is 24.0 Å². The normalized spacial score (nSPS) is 23.6. The second kappa shape index (κ2) is 18.9. The van der Waals surface area contributed by atoms with Gasteiger partial charge in [-0.3, -0.25) is 29.3 Å².